The molecule has 11 heteroatoms. The number of alkyl halides is 3. The zero-order chi connectivity index (χ0) is 28.3. The van der Waals surface area contributed by atoms with Crippen LogP contribution in [0.2, 0.25) is 0 Å². The first-order valence-corrected chi connectivity index (χ1v) is 12.5. The zero-order valence-electron chi connectivity index (χ0n) is 22.6. The predicted octanol–water partition coefficient (Wildman–Crippen LogP) is 5.96. The van der Waals surface area contributed by atoms with E-state index in [-0.39, 0.29) is 18.6 Å². The largest absolute Gasteiger partial charge is 0.476 e. The van der Waals surface area contributed by atoms with Crippen LogP contribution >= 0.6 is 0 Å². The van der Waals surface area contributed by atoms with Crippen LogP contribution in [-0.2, 0) is 15.7 Å². The first kappa shape index (κ1) is 29.2. The molecule has 0 saturated carbocycles. The van der Waals surface area contributed by atoms with Gasteiger partial charge in [-0.2, -0.15) is 13.2 Å². The average molecular weight is 537 g/mol. The lowest BCUT2D eigenvalue weighted by Gasteiger charge is -2.35. The van der Waals surface area contributed by atoms with Gasteiger partial charge in [-0.1, -0.05) is 0 Å². The van der Waals surface area contributed by atoms with Gasteiger partial charge in [0.2, 0.25) is 11.8 Å². The van der Waals surface area contributed by atoms with Crippen LogP contribution in [0.5, 0.6) is 5.88 Å². The molecule has 3 heterocycles. The number of hydrogen-bond acceptors (Lipinski definition) is 6. The molecule has 1 N–H and O–H groups in total. The monoisotopic (exact) mass is 536 g/mol. The van der Waals surface area contributed by atoms with E-state index in [4.69, 9.17) is 9.47 Å². The number of piperidine rings is 1. The normalized spacial score (nSPS) is 16.7. The van der Waals surface area contributed by atoms with E-state index in [2.05, 4.69) is 15.3 Å². The molecule has 1 aliphatic heterocycles. The number of likely N-dealkylation sites (tertiary alicyclic amines) is 1. The Morgan fingerprint density at radius 1 is 1.11 bits per heavy atom. The summed E-state index contributed by atoms with van der Waals surface area (Å²) < 4.78 is 50.8. The molecule has 0 aliphatic carbocycles. The van der Waals surface area contributed by atoms with Crippen molar-refractivity contribution in [2.75, 3.05) is 25.0 Å². The fourth-order valence-electron chi connectivity index (χ4n) is 4.23. The minimum absolute atomic E-state index is 0.0810. The standard InChI is InChI=1S/C27H35F3N4O4/c1-17-21(18-9-8-14-34(15-18)24(36)38-25(2,3)4)20(11-13-31-17)33-23(35)26(5,6)16-37-22-19(27(28,29)30)10-7-12-32-22/h7,10-13,18H,8-9,14-16H2,1-6H3,(H,31,33,35). The Morgan fingerprint density at radius 2 is 1.82 bits per heavy atom. The maximum Gasteiger partial charge on any atom is 0.421 e. The quantitative estimate of drug-likeness (QED) is 0.490. The third-order valence-corrected chi connectivity index (χ3v) is 6.18. The molecule has 2 aromatic heterocycles. The van der Waals surface area contributed by atoms with Crippen LogP contribution in [0, 0.1) is 12.3 Å². The maximum absolute atomic E-state index is 13.3. The van der Waals surface area contributed by atoms with Gasteiger partial charge in [-0.25, -0.2) is 9.78 Å². The number of aryl methyl sites for hydroxylation is 1. The summed E-state index contributed by atoms with van der Waals surface area (Å²) in [5.41, 5.74) is -0.733. The number of nitrogens with one attached hydrogen (secondary N) is 1. The summed E-state index contributed by atoms with van der Waals surface area (Å²) in [7, 11) is 0. The number of carbonyl (C=O) groups is 2. The van der Waals surface area contributed by atoms with E-state index >= 15 is 0 Å². The molecule has 0 bridgehead atoms. The van der Waals surface area contributed by atoms with Gasteiger partial charge in [0.1, 0.15) is 17.8 Å². The smallest absolute Gasteiger partial charge is 0.421 e. The number of nitrogens with zero attached hydrogens (tertiary/aromatic N) is 3. The molecule has 1 unspecified atom stereocenters. The second-order valence-corrected chi connectivity index (χ2v) is 11.1. The summed E-state index contributed by atoms with van der Waals surface area (Å²) in [6, 6.07) is 3.74. The highest BCUT2D eigenvalue weighted by atomic mass is 19.4. The van der Waals surface area contributed by atoms with Crippen LogP contribution in [0.15, 0.2) is 30.6 Å². The Balaban J connectivity index is 1.76. The van der Waals surface area contributed by atoms with E-state index in [9.17, 15) is 22.8 Å². The van der Waals surface area contributed by atoms with E-state index in [0.29, 0.717) is 18.8 Å². The van der Waals surface area contributed by atoms with Crippen molar-refractivity contribution in [3.63, 3.8) is 0 Å². The van der Waals surface area contributed by atoms with Gasteiger partial charge in [-0.05, 0) is 72.6 Å². The van der Waals surface area contributed by atoms with Crippen molar-refractivity contribution in [2.24, 2.45) is 5.41 Å². The van der Waals surface area contributed by atoms with E-state index in [0.717, 1.165) is 30.2 Å². The fraction of sp³-hybridized carbons (Fsp3) is 0.556. The molecule has 1 saturated heterocycles. The molecule has 2 aromatic rings. The van der Waals surface area contributed by atoms with Crippen LogP contribution in [0.3, 0.4) is 0 Å². The number of carbonyl (C=O) groups excluding carboxylic acids is 2. The third kappa shape index (κ3) is 7.35. The summed E-state index contributed by atoms with van der Waals surface area (Å²) in [5, 5.41) is 2.92. The van der Waals surface area contributed by atoms with Crippen LogP contribution in [-0.4, -0.2) is 52.2 Å². The first-order chi connectivity index (χ1) is 17.6. The number of amides is 2. The minimum atomic E-state index is -4.63. The van der Waals surface area contributed by atoms with Gasteiger partial charge in [0, 0.05) is 48.3 Å². The maximum atomic E-state index is 13.3. The molecule has 0 spiro atoms. The van der Waals surface area contributed by atoms with E-state index < -0.39 is 34.5 Å². The van der Waals surface area contributed by atoms with Gasteiger partial charge in [0.15, 0.2) is 0 Å². The zero-order valence-corrected chi connectivity index (χ0v) is 22.6. The topological polar surface area (TPSA) is 93.6 Å². The Bertz CT molecular complexity index is 1160. The Morgan fingerprint density at radius 3 is 2.47 bits per heavy atom. The molecule has 1 aliphatic rings. The molecule has 2 amide bonds. The number of rotatable bonds is 6. The number of hydrogen-bond donors (Lipinski definition) is 1. The Kier molecular flexibility index (Phi) is 8.58. The van der Waals surface area contributed by atoms with E-state index in [1.54, 1.807) is 31.0 Å². The van der Waals surface area contributed by atoms with Crippen LogP contribution in [0.4, 0.5) is 23.7 Å². The molecule has 208 valence electrons. The average Bonchev–Trinajstić information content (AvgIpc) is 2.81. The molecule has 8 nitrogen and oxygen atoms in total. The summed E-state index contributed by atoms with van der Waals surface area (Å²) in [5.74, 6) is -1.10. The van der Waals surface area contributed by atoms with Crippen LogP contribution in [0.1, 0.15) is 70.2 Å². The lowest BCUT2D eigenvalue weighted by atomic mass is 9.88. The summed E-state index contributed by atoms with van der Waals surface area (Å²) in [6.07, 6.45) is -0.686. The molecular formula is C27H35F3N4O4. The Hall–Kier alpha value is -3.37. The van der Waals surface area contributed by atoms with Crippen molar-refractivity contribution in [2.45, 2.75) is 72.1 Å². The summed E-state index contributed by atoms with van der Waals surface area (Å²) in [6.45, 7) is 11.1. The number of pyridine rings is 2. The van der Waals surface area contributed by atoms with Gasteiger partial charge in [0.25, 0.3) is 0 Å². The SMILES string of the molecule is Cc1nccc(NC(=O)C(C)(C)COc2ncccc2C(F)(F)F)c1C1CCCN(C(=O)OC(C)(C)C)C1. The van der Waals surface area contributed by atoms with Gasteiger partial charge >= 0.3 is 12.3 Å². The van der Waals surface area contributed by atoms with Crippen molar-refractivity contribution >= 4 is 17.7 Å². The predicted molar refractivity (Wildman–Crippen MR) is 136 cm³/mol. The summed E-state index contributed by atoms with van der Waals surface area (Å²) >= 11 is 0. The van der Waals surface area contributed by atoms with Crippen molar-refractivity contribution in [3.05, 3.63) is 47.4 Å². The lowest BCUT2D eigenvalue weighted by molar-refractivity contribution is -0.139. The lowest BCUT2D eigenvalue weighted by Crippen LogP contribution is -2.42. The first-order valence-electron chi connectivity index (χ1n) is 12.5. The molecule has 0 radical (unpaired) electrons. The van der Waals surface area contributed by atoms with Crippen LogP contribution < -0.4 is 10.1 Å². The second kappa shape index (κ2) is 11.2. The number of aromatic nitrogens is 2. The highest BCUT2D eigenvalue weighted by molar-refractivity contribution is 5.95. The van der Waals surface area contributed by atoms with Crippen molar-refractivity contribution in [1.82, 2.24) is 14.9 Å². The van der Waals surface area contributed by atoms with Crippen molar-refractivity contribution < 1.29 is 32.2 Å². The molecule has 0 aromatic carbocycles. The highest BCUT2D eigenvalue weighted by Crippen LogP contribution is 2.37. The van der Waals surface area contributed by atoms with Crippen LogP contribution in [0.25, 0.3) is 0 Å². The minimum Gasteiger partial charge on any atom is -0.476 e. The van der Waals surface area contributed by atoms with E-state index in [1.165, 1.54) is 12.3 Å². The number of ether oxygens (including phenoxy) is 2. The van der Waals surface area contributed by atoms with Gasteiger partial charge in [0.05, 0.1) is 5.41 Å². The molecule has 3 rings (SSSR count). The second-order valence-electron chi connectivity index (χ2n) is 11.1. The molecule has 38 heavy (non-hydrogen) atoms. The van der Waals surface area contributed by atoms with Gasteiger partial charge < -0.3 is 19.7 Å². The molecule has 1 fully saturated rings. The molecule has 1 atom stereocenters. The van der Waals surface area contributed by atoms with Gasteiger partial charge in [-0.15, -0.1) is 0 Å². The Labute approximate surface area is 220 Å². The van der Waals surface area contributed by atoms with E-state index in [1.807, 2.05) is 27.7 Å². The highest BCUT2D eigenvalue weighted by Gasteiger charge is 2.37. The fourth-order valence-corrected chi connectivity index (χ4v) is 4.23. The van der Waals surface area contributed by atoms with Crippen molar-refractivity contribution in [3.8, 4) is 5.88 Å². The number of halogens is 3. The number of anilines is 1. The van der Waals surface area contributed by atoms with Crippen molar-refractivity contribution in [1.29, 1.82) is 0 Å². The third-order valence-electron chi connectivity index (χ3n) is 6.18. The summed E-state index contributed by atoms with van der Waals surface area (Å²) in [4.78, 5) is 35.7. The molecular weight excluding hydrogens is 501 g/mol. The van der Waals surface area contributed by atoms with Gasteiger partial charge in [-0.3, -0.25) is 9.78 Å².